The van der Waals surface area contributed by atoms with Crippen LogP contribution in [0.2, 0.25) is 10.0 Å². The molecule has 0 saturated heterocycles. The Hall–Kier alpha value is -1.39. The molecule has 0 amide bonds. The number of thiophene rings is 1. The number of hydrogen-bond donors (Lipinski definition) is 0. The molecular formula is C17H9Cl2NS2. The highest BCUT2D eigenvalue weighted by molar-refractivity contribution is 7.26. The zero-order valence-corrected chi connectivity index (χ0v) is 14.4. The van der Waals surface area contributed by atoms with Gasteiger partial charge in [0.15, 0.2) is 0 Å². The zero-order chi connectivity index (χ0) is 15.1. The van der Waals surface area contributed by atoms with Crippen molar-refractivity contribution >= 4 is 56.0 Å². The summed E-state index contributed by atoms with van der Waals surface area (Å²) in [7, 11) is 0. The molecule has 0 bridgehead atoms. The Bertz CT molecular complexity index is 939. The molecule has 2 aromatic carbocycles. The van der Waals surface area contributed by atoms with E-state index in [0.717, 1.165) is 10.6 Å². The number of nitrogens with zero attached hydrogens (tertiary/aromatic N) is 1. The lowest BCUT2D eigenvalue weighted by Crippen LogP contribution is -1.75. The van der Waals surface area contributed by atoms with Crippen molar-refractivity contribution in [1.82, 2.24) is 4.98 Å². The fraction of sp³-hybridized carbons (Fsp3) is 0. The van der Waals surface area contributed by atoms with Gasteiger partial charge in [-0.25, -0.2) is 4.98 Å². The fourth-order valence-electron chi connectivity index (χ4n) is 2.25. The van der Waals surface area contributed by atoms with Crippen molar-refractivity contribution in [3.63, 3.8) is 0 Å². The van der Waals surface area contributed by atoms with Gasteiger partial charge in [-0.2, -0.15) is 0 Å². The van der Waals surface area contributed by atoms with Crippen LogP contribution >= 0.6 is 45.9 Å². The number of fused-ring (bicyclic) bond motifs is 1. The van der Waals surface area contributed by atoms with Crippen molar-refractivity contribution in [2.45, 2.75) is 0 Å². The largest absolute Gasteiger partial charge is 0.244 e. The van der Waals surface area contributed by atoms with Gasteiger partial charge < -0.3 is 0 Å². The predicted molar refractivity (Wildman–Crippen MR) is 98.4 cm³/mol. The van der Waals surface area contributed by atoms with Crippen molar-refractivity contribution in [2.24, 2.45) is 0 Å². The quantitative estimate of drug-likeness (QED) is 0.374. The molecule has 0 aliphatic rings. The standard InChI is InChI=1S/C17H9Cl2NS2/c18-12-6-5-11(7-13(12)19)17-20-9-16(22-17)15-8-10-3-1-2-4-14(10)21-15/h1-9H. The Morgan fingerprint density at radius 1 is 0.818 bits per heavy atom. The molecule has 0 saturated carbocycles. The zero-order valence-electron chi connectivity index (χ0n) is 11.2. The van der Waals surface area contributed by atoms with Crippen LogP contribution in [0.5, 0.6) is 0 Å². The highest BCUT2D eigenvalue weighted by atomic mass is 35.5. The summed E-state index contributed by atoms with van der Waals surface area (Å²) in [4.78, 5) is 6.94. The normalized spacial score (nSPS) is 11.2. The van der Waals surface area contributed by atoms with Gasteiger partial charge in [-0.3, -0.25) is 0 Å². The van der Waals surface area contributed by atoms with Gasteiger partial charge in [0, 0.05) is 21.3 Å². The first-order valence-corrected chi connectivity index (χ1v) is 9.00. The Morgan fingerprint density at radius 2 is 1.68 bits per heavy atom. The molecule has 0 aliphatic heterocycles. The molecule has 0 N–H and O–H groups in total. The maximum Gasteiger partial charge on any atom is 0.123 e. The molecule has 108 valence electrons. The molecule has 0 aliphatic carbocycles. The molecule has 0 radical (unpaired) electrons. The summed E-state index contributed by atoms with van der Waals surface area (Å²) < 4.78 is 1.29. The van der Waals surface area contributed by atoms with Crippen molar-refractivity contribution in [3.8, 4) is 20.3 Å². The maximum atomic E-state index is 6.09. The average molecular weight is 362 g/mol. The van der Waals surface area contributed by atoms with Crippen LogP contribution in [0, 0.1) is 0 Å². The van der Waals surface area contributed by atoms with E-state index in [1.165, 1.54) is 19.8 Å². The van der Waals surface area contributed by atoms with Gasteiger partial charge in [0.1, 0.15) is 5.01 Å². The summed E-state index contributed by atoms with van der Waals surface area (Å²) in [6.45, 7) is 0. The van der Waals surface area contributed by atoms with E-state index < -0.39 is 0 Å². The second-order valence-corrected chi connectivity index (χ2v) is 7.74. The minimum Gasteiger partial charge on any atom is -0.244 e. The average Bonchev–Trinajstić information content (AvgIpc) is 3.15. The highest BCUT2D eigenvalue weighted by Crippen LogP contribution is 2.39. The summed E-state index contributed by atoms with van der Waals surface area (Å²) in [6, 6.07) is 16.2. The van der Waals surface area contributed by atoms with Gasteiger partial charge in [0.2, 0.25) is 0 Å². The molecule has 1 nitrogen and oxygen atoms in total. The molecule has 5 heteroatoms. The van der Waals surface area contributed by atoms with Crippen LogP contribution in [0.4, 0.5) is 0 Å². The third kappa shape index (κ3) is 2.55. The van der Waals surface area contributed by atoms with Crippen LogP contribution in [0.15, 0.2) is 54.7 Å². The molecule has 0 spiro atoms. The summed E-state index contributed by atoms with van der Waals surface area (Å²) >= 11 is 15.5. The van der Waals surface area contributed by atoms with E-state index in [1.54, 1.807) is 28.7 Å². The molecule has 2 heterocycles. The number of thiazole rings is 1. The van der Waals surface area contributed by atoms with E-state index in [1.807, 2.05) is 18.3 Å². The number of aromatic nitrogens is 1. The first-order chi connectivity index (χ1) is 10.7. The molecule has 0 unspecified atom stereocenters. The number of hydrogen-bond acceptors (Lipinski definition) is 3. The lowest BCUT2D eigenvalue weighted by atomic mass is 10.2. The van der Waals surface area contributed by atoms with Crippen LogP contribution in [0.3, 0.4) is 0 Å². The van der Waals surface area contributed by atoms with Crippen molar-refractivity contribution in [1.29, 1.82) is 0 Å². The number of benzene rings is 2. The highest BCUT2D eigenvalue weighted by Gasteiger charge is 2.10. The topological polar surface area (TPSA) is 12.9 Å². The first-order valence-electron chi connectivity index (χ1n) is 6.61. The van der Waals surface area contributed by atoms with Gasteiger partial charge >= 0.3 is 0 Å². The van der Waals surface area contributed by atoms with E-state index in [9.17, 15) is 0 Å². The fourth-order valence-corrected chi connectivity index (χ4v) is 4.59. The first kappa shape index (κ1) is 14.2. The van der Waals surface area contributed by atoms with Gasteiger partial charge in [-0.15, -0.1) is 22.7 Å². The smallest absolute Gasteiger partial charge is 0.123 e. The van der Waals surface area contributed by atoms with Crippen LogP contribution in [0.1, 0.15) is 0 Å². The van der Waals surface area contributed by atoms with Crippen molar-refractivity contribution in [2.75, 3.05) is 0 Å². The van der Waals surface area contributed by atoms with E-state index in [2.05, 4.69) is 35.3 Å². The van der Waals surface area contributed by atoms with E-state index in [4.69, 9.17) is 23.2 Å². The molecule has 22 heavy (non-hydrogen) atoms. The molecule has 4 aromatic rings. The summed E-state index contributed by atoms with van der Waals surface area (Å²) in [6.07, 6.45) is 1.92. The molecule has 4 rings (SSSR count). The minimum atomic E-state index is 0.553. The number of rotatable bonds is 2. The molecule has 0 fully saturated rings. The Morgan fingerprint density at radius 3 is 2.50 bits per heavy atom. The van der Waals surface area contributed by atoms with E-state index >= 15 is 0 Å². The molecule has 2 aromatic heterocycles. The van der Waals surface area contributed by atoms with Crippen LogP contribution < -0.4 is 0 Å². The Labute approximate surface area is 145 Å². The second-order valence-electron chi connectivity index (χ2n) is 4.81. The second kappa shape index (κ2) is 5.67. The predicted octanol–water partition coefficient (Wildman–Crippen LogP) is 7.00. The van der Waals surface area contributed by atoms with Gasteiger partial charge in [-0.05, 0) is 29.7 Å². The summed E-state index contributed by atoms with van der Waals surface area (Å²) in [5, 5.41) is 3.34. The van der Waals surface area contributed by atoms with Crippen molar-refractivity contribution < 1.29 is 0 Å². The lowest BCUT2D eigenvalue weighted by molar-refractivity contribution is 1.42. The van der Waals surface area contributed by atoms with Crippen LogP contribution in [-0.2, 0) is 0 Å². The van der Waals surface area contributed by atoms with E-state index in [0.29, 0.717) is 10.0 Å². The van der Waals surface area contributed by atoms with Crippen LogP contribution in [0.25, 0.3) is 30.4 Å². The Balaban J connectivity index is 1.75. The minimum absolute atomic E-state index is 0.553. The summed E-state index contributed by atoms with van der Waals surface area (Å²) in [5.74, 6) is 0. The Kier molecular flexibility index (Phi) is 3.66. The summed E-state index contributed by atoms with van der Waals surface area (Å²) in [5.41, 5.74) is 0.992. The molecular weight excluding hydrogens is 353 g/mol. The lowest BCUT2D eigenvalue weighted by Gasteiger charge is -1.98. The van der Waals surface area contributed by atoms with Gasteiger partial charge in [0.05, 0.1) is 14.9 Å². The third-order valence-electron chi connectivity index (χ3n) is 3.34. The van der Waals surface area contributed by atoms with Crippen molar-refractivity contribution in [3.05, 3.63) is 64.8 Å². The monoisotopic (exact) mass is 361 g/mol. The maximum absolute atomic E-state index is 6.09. The van der Waals surface area contributed by atoms with E-state index in [-0.39, 0.29) is 0 Å². The van der Waals surface area contributed by atoms with Gasteiger partial charge in [-0.1, -0.05) is 47.5 Å². The number of halogens is 2. The SMILES string of the molecule is Clc1ccc(-c2ncc(-c3cc4ccccc4s3)s2)cc1Cl. The van der Waals surface area contributed by atoms with Gasteiger partial charge in [0.25, 0.3) is 0 Å². The van der Waals surface area contributed by atoms with Crippen LogP contribution in [-0.4, -0.2) is 4.98 Å². The third-order valence-corrected chi connectivity index (χ3v) is 6.44. The molecule has 0 atom stereocenters.